The predicted molar refractivity (Wildman–Crippen MR) is 157 cm³/mol. The van der Waals surface area contributed by atoms with Gasteiger partial charge in [-0.25, -0.2) is 4.98 Å². The standard InChI is InChI=1S/C32H33F6N5O3/c1-18-15-43(16-21-12-22(31(33,34)35)14-23(13-21)32(36,37)38)29(45)26-27(25-7-5-4-6-19(25)2)40-30(41-28(26)46-17-18)42-10-8-24(9-11-42)39-20(3)44/h4-7,12-14,18,24H,8-11,15-17H2,1-3H3,(H,39,44)/t18-/m0/s1. The van der Waals surface area contributed by atoms with E-state index in [0.717, 1.165) is 5.56 Å². The number of anilines is 1. The van der Waals surface area contributed by atoms with Gasteiger partial charge in [0.15, 0.2) is 0 Å². The molecule has 3 heterocycles. The van der Waals surface area contributed by atoms with Crippen LogP contribution in [0.4, 0.5) is 32.3 Å². The molecule has 246 valence electrons. The lowest BCUT2D eigenvalue weighted by Crippen LogP contribution is -2.44. The number of benzene rings is 2. The molecule has 2 aromatic carbocycles. The fourth-order valence-electron chi connectivity index (χ4n) is 5.77. The molecule has 0 unspecified atom stereocenters. The van der Waals surface area contributed by atoms with Crippen molar-refractivity contribution in [1.29, 1.82) is 0 Å². The summed E-state index contributed by atoms with van der Waals surface area (Å²) in [5.41, 5.74) is -1.63. The minimum Gasteiger partial charge on any atom is -0.477 e. The lowest BCUT2D eigenvalue weighted by atomic mass is 9.99. The number of carbonyl (C=O) groups excluding carboxylic acids is 2. The summed E-state index contributed by atoms with van der Waals surface area (Å²) >= 11 is 0. The van der Waals surface area contributed by atoms with Gasteiger partial charge in [0, 0.05) is 50.6 Å². The number of fused-ring (bicyclic) bond motifs is 1. The van der Waals surface area contributed by atoms with Gasteiger partial charge in [0.05, 0.1) is 23.4 Å². The fourth-order valence-corrected chi connectivity index (χ4v) is 5.77. The van der Waals surface area contributed by atoms with E-state index < -0.39 is 35.9 Å². The number of nitrogens with one attached hydrogen (secondary N) is 1. The lowest BCUT2D eigenvalue weighted by Gasteiger charge is -2.34. The first kappa shape index (κ1) is 33.0. The molecule has 0 saturated carbocycles. The van der Waals surface area contributed by atoms with E-state index in [9.17, 15) is 35.9 Å². The van der Waals surface area contributed by atoms with Gasteiger partial charge in [-0.2, -0.15) is 31.3 Å². The summed E-state index contributed by atoms with van der Waals surface area (Å²) in [5.74, 6) is -0.851. The molecule has 0 spiro atoms. The number of aromatic nitrogens is 2. The molecule has 1 atom stereocenters. The first-order valence-electron chi connectivity index (χ1n) is 14.8. The largest absolute Gasteiger partial charge is 0.477 e. The average molecular weight is 650 g/mol. The van der Waals surface area contributed by atoms with Crippen LogP contribution in [0.25, 0.3) is 11.3 Å². The molecule has 3 aromatic rings. The topological polar surface area (TPSA) is 87.7 Å². The number of alkyl halides is 6. The molecule has 14 heteroatoms. The van der Waals surface area contributed by atoms with Gasteiger partial charge in [-0.3, -0.25) is 9.59 Å². The van der Waals surface area contributed by atoms with E-state index in [-0.39, 0.29) is 59.8 Å². The highest BCUT2D eigenvalue weighted by atomic mass is 19.4. The minimum atomic E-state index is -5.02. The second-order valence-corrected chi connectivity index (χ2v) is 11.8. The van der Waals surface area contributed by atoms with Crippen molar-refractivity contribution < 1.29 is 40.7 Å². The Morgan fingerprint density at radius 2 is 1.63 bits per heavy atom. The number of aryl methyl sites for hydroxylation is 1. The number of carbonyl (C=O) groups is 2. The second kappa shape index (κ2) is 12.8. The van der Waals surface area contributed by atoms with Gasteiger partial charge in [-0.1, -0.05) is 31.2 Å². The third-order valence-electron chi connectivity index (χ3n) is 8.01. The van der Waals surface area contributed by atoms with Gasteiger partial charge >= 0.3 is 12.4 Å². The molecule has 2 aliphatic rings. The molecule has 1 aromatic heterocycles. The summed E-state index contributed by atoms with van der Waals surface area (Å²) in [5, 5.41) is 2.92. The number of piperidine rings is 1. The monoisotopic (exact) mass is 649 g/mol. The van der Waals surface area contributed by atoms with E-state index in [2.05, 4.69) is 10.3 Å². The Hall–Kier alpha value is -4.36. The van der Waals surface area contributed by atoms with Crippen molar-refractivity contribution in [2.75, 3.05) is 31.1 Å². The smallest absolute Gasteiger partial charge is 0.416 e. The van der Waals surface area contributed by atoms with Crippen molar-refractivity contribution in [3.05, 3.63) is 70.3 Å². The SMILES string of the molecule is CC(=O)NC1CCN(c2nc3c(c(-c4ccccc4C)n2)C(=O)N(Cc2cc(C(F)(F)F)cc(C(F)(F)F)c2)C[C@H](C)CO3)CC1. The molecule has 0 aliphatic carbocycles. The molecule has 8 nitrogen and oxygen atoms in total. The van der Waals surface area contributed by atoms with Crippen LogP contribution in [-0.4, -0.2) is 59.0 Å². The molecule has 5 rings (SSSR count). The molecule has 1 N–H and O–H groups in total. The summed E-state index contributed by atoms with van der Waals surface area (Å²) in [6.07, 6.45) is -8.77. The van der Waals surface area contributed by atoms with Crippen LogP contribution in [0.15, 0.2) is 42.5 Å². The Morgan fingerprint density at radius 3 is 2.22 bits per heavy atom. The van der Waals surface area contributed by atoms with Crippen molar-refractivity contribution in [2.24, 2.45) is 5.92 Å². The van der Waals surface area contributed by atoms with Crippen LogP contribution in [0.5, 0.6) is 5.88 Å². The summed E-state index contributed by atoms with van der Waals surface area (Å²) in [4.78, 5) is 38.4. The zero-order valence-electron chi connectivity index (χ0n) is 25.4. The van der Waals surface area contributed by atoms with Gasteiger partial charge in [0.2, 0.25) is 17.7 Å². The number of nitrogens with zero attached hydrogens (tertiary/aromatic N) is 4. The Bertz CT molecular complexity index is 1590. The maximum Gasteiger partial charge on any atom is 0.416 e. The minimum absolute atomic E-state index is 0.00148. The van der Waals surface area contributed by atoms with Gasteiger partial charge < -0.3 is 19.9 Å². The molecule has 1 saturated heterocycles. The third kappa shape index (κ3) is 7.37. The van der Waals surface area contributed by atoms with Crippen molar-refractivity contribution in [3.8, 4) is 17.1 Å². The van der Waals surface area contributed by atoms with Gasteiger partial charge in [-0.05, 0) is 49.1 Å². The van der Waals surface area contributed by atoms with E-state index in [1.807, 2.05) is 24.0 Å². The van der Waals surface area contributed by atoms with Gasteiger partial charge in [-0.15, -0.1) is 0 Å². The van der Waals surface area contributed by atoms with E-state index >= 15 is 0 Å². The highest BCUT2D eigenvalue weighted by Gasteiger charge is 2.38. The maximum atomic E-state index is 14.3. The zero-order chi connectivity index (χ0) is 33.4. The fraction of sp³-hybridized carbons (Fsp3) is 0.438. The number of amides is 2. The van der Waals surface area contributed by atoms with Crippen LogP contribution in [0, 0.1) is 12.8 Å². The predicted octanol–water partition coefficient (Wildman–Crippen LogP) is 6.27. The molecule has 0 radical (unpaired) electrons. The number of ether oxygens (including phenoxy) is 1. The van der Waals surface area contributed by atoms with Crippen LogP contribution in [-0.2, 0) is 23.7 Å². The summed E-state index contributed by atoms with van der Waals surface area (Å²) < 4.78 is 87.7. The number of hydrogen-bond donors (Lipinski definition) is 1. The molecule has 46 heavy (non-hydrogen) atoms. The van der Waals surface area contributed by atoms with E-state index in [1.165, 1.54) is 11.8 Å². The second-order valence-electron chi connectivity index (χ2n) is 11.8. The molecular weight excluding hydrogens is 616 g/mol. The molecule has 2 aliphatic heterocycles. The first-order valence-corrected chi connectivity index (χ1v) is 14.8. The molecule has 2 amide bonds. The van der Waals surface area contributed by atoms with Gasteiger partial charge in [0.1, 0.15) is 5.56 Å². The maximum absolute atomic E-state index is 14.3. The quantitative estimate of drug-likeness (QED) is 0.328. The van der Waals surface area contributed by atoms with Crippen LogP contribution < -0.4 is 15.0 Å². The number of hydrogen-bond acceptors (Lipinski definition) is 6. The molecule has 1 fully saturated rings. The van der Waals surface area contributed by atoms with Crippen molar-refractivity contribution in [3.63, 3.8) is 0 Å². The highest BCUT2D eigenvalue weighted by molar-refractivity contribution is 6.02. The van der Waals surface area contributed by atoms with Crippen LogP contribution >= 0.6 is 0 Å². The lowest BCUT2D eigenvalue weighted by molar-refractivity contribution is -0.143. The Morgan fingerprint density at radius 1 is 1.00 bits per heavy atom. The third-order valence-corrected chi connectivity index (χ3v) is 8.01. The highest BCUT2D eigenvalue weighted by Crippen LogP contribution is 2.38. The number of rotatable bonds is 5. The van der Waals surface area contributed by atoms with Gasteiger partial charge in [0.25, 0.3) is 5.91 Å². The molecular formula is C32H33F6N5O3. The zero-order valence-corrected chi connectivity index (χ0v) is 25.4. The van der Waals surface area contributed by atoms with Crippen LogP contribution in [0.3, 0.4) is 0 Å². The Kier molecular flexibility index (Phi) is 9.19. The van der Waals surface area contributed by atoms with Crippen molar-refractivity contribution in [1.82, 2.24) is 20.2 Å². The summed E-state index contributed by atoms with van der Waals surface area (Å²) in [7, 11) is 0. The Labute approximate surface area is 261 Å². The average Bonchev–Trinajstić information content (AvgIpc) is 2.98. The van der Waals surface area contributed by atoms with Crippen molar-refractivity contribution in [2.45, 2.75) is 58.6 Å². The van der Waals surface area contributed by atoms with Crippen LogP contribution in [0.1, 0.15) is 59.3 Å². The Balaban J connectivity index is 1.58. The van der Waals surface area contributed by atoms with E-state index in [0.29, 0.717) is 49.6 Å². The van der Waals surface area contributed by atoms with Crippen LogP contribution in [0.2, 0.25) is 0 Å². The first-order chi connectivity index (χ1) is 21.6. The summed E-state index contributed by atoms with van der Waals surface area (Å²) in [6.45, 7) is 5.66. The van der Waals surface area contributed by atoms with E-state index in [4.69, 9.17) is 9.72 Å². The van der Waals surface area contributed by atoms with Crippen molar-refractivity contribution >= 4 is 17.8 Å². The van der Waals surface area contributed by atoms with E-state index in [1.54, 1.807) is 19.1 Å². The number of halogens is 6. The normalized spacial score (nSPS) is 18.0. The summed E-state index contributed by atoms with van der Waals surface area (Å²) in [6, 6.07) is 8.51. The molecule has 0 bridgehead atoms.